The predicted molar refractivity (Wildman–Crippen MR) is 67.8 cm³/mol. The van der Waals surface area contributed by atoms with Crippen LogP contribution < -0.4 is 11.1 Å². The molecule has 86 valence electrons. The Morgan fingerprint density at radius 1 is 1.17 bits per heavy atom. The van der Waals surface area contributed by atoms with E-state index in [1.54, 1.807) is 18.2 Å². The van der Waals surface area contributed by atoms with Crippen LogP contribution in [0.5, 0.6) is 0 Å². The van der Waals surface area contributed by atoms with Crippen LogP contribution in [0.25, 0.3) is 0 Å². The van der Waals surface area contributed by atoms with Gasteiger partial charge in [0.2, 0.25) is 0 Å². The van der Waals surface area contributed by atoms with Gasteiger partial charge in [-0.25, -0.2) is 4.98 Å². The molecule has 2 aromatic rings. The maximum absolute atomic E-state index is 8.96. The van der Waals surface area contributed by atoms with Crippen molar-refractivity contribution in [2.45, 2.75) is 0 Å². The monoisotopic (exact) mass is 235 g/mol. The molecule has 2 rings (SSSR count). The van der Waals surface area contributed by atoms with E-state index in [1.807, 2.05) is 12.1 Å². The molecule has 1 heterocycles. The van der Waals surface area contributed by atoms with Gasteiger partial charge in [0, 0.05) is 6.20 Å². The fraction of sp³-hybridized carbons (Fsp3) is 0. The number of rotatable bonds is 2. The van der Waals surface area contributed by atoms with E-state index in [-0.39, 0.29) is 0 Å². The van der Waals surface area contributed by atoms with E-state index in [9.17, 15) is 0 Å². The summed E-state index contributed by atoms with van der Waals surface area (Å²) in [4.78, 5) is 4.05. The van der Waals surface area contributed by atoms with E-state index in [4.69, 9.17) is 16.3 Å². The molecule has 0 saturated carbocycles. The van der Waals surface area contributed by atoms with Gasteiger partial charge in [0.05, 0.1) is 22.5 Å². The van der Waals surface area contributed by atoms with Gasteiger partial charge in [0.15, 0.2) is 5.82 Å². The Hall–Kier alpha value is -3.05. The third-order valence-electron chi connectivity index (χ3n) is 2.35. The molecule has 0 radical (unpaired) electrons. The fourth-order valence-electron chi connectivity index (χ4n) is 1.46. The molecule has 1 aromatic carbocycles. The zero-order valence-corrected chi connectivity index (χ0v) is 9.38. The second kappa shape index (κ2) is 4.86. The molecule has 0 aliphatic heterocycles. The number of pyridine rings is 1. The number of hydrogen-bond acceptors (Lipinski definition) is 5. The molecule has 0 bridgehead atoms. The standard InChI is InChI=1S/C13H9N5/c14-6-9-5-11(16)13(17-8-9)18-12-4-2-1-3-10(12)7-15/h1-5,8H,16H2,(H,17,18). The van der Waals surface area contributed by atoms with Gasteiger partial charge in [0.1, 0.15) is 12.1 Å². The minimum Gasteiger partial charge on any atom is -0.396 e. The first-order chi connectivity index (χ1) is 8.74. The number of nitrogen functional groups attached to an aromatic ring is 1. The molecule has 1 aromatic heterocycles. The number of nitriles is 2. The summed E-state index contributed by atoms with van der Waals surface area (Å²) in [5.41, 5.74) is 7.67. The van der Waals surface area contributed by atoms with Crippen LogP contribution in [0.1, 0.15) is 11.1 Å². The first-order valence-electron chi connectivity index (χ1n) is 5.16. The number of benzene rings is 1. The average molecular weight is 235 g/mol. The molecule has 5 nitrogen and oxygen atoms in total. The van der Waals surface area contributed by atoms with Gasteiger partial charge < -0.3 is 11.1 Å². The maximum atomic E-state index is 8.96. The topological polar surface area (TPSA) is 98.5 Å². The molecule has 0 aliphatic carbocycles. The van der Waals surface area contributed by atoms with E-state index in [2.05, 4.69) is 16.4 Å². The fourth-order valence-corrected chi connectivity index (χ4v) is 1.46. The van der Waals surface area contributed by atoms with Crippen LogP contribution in [0.3, 0.4) is 0 Å². The first kappa shape index (κ1) is 11.4. The molecule has 0 aliphatic rings. The molecule has 0 spiro atoms. The SMILES string of the molecule is N#Cc1cnc(Nc2ccccc2C#N)c(N)c1. The smallest absolute Gasteiger partial charge is 0.153 e. The molecule has 0 saturated heterocycles. The Morgan fingerprint density at radius 3 is 2.61 bits per heavy atom. The van der Waals surface area contributed by atoms with E-state index in [0.29, 0.717) is 28.3 Å². The Bertz CT molecular complexity index is 664. The molecule has 0 unspecified atom stereocenters. The molecular weight excluding hydrogens is 226 g/mol. The Balaban J connectivity index is 2.36. The van der Waals surface area contributed by atoms with E-state index in [1.165, 1.54) is 12.3 Å². The summed E-state index contributed by atoms with van der Waals surface area (Å²) in [7, 11) is 0. The lowest BCUT2D eigenvalue weighted by Crippen LogP contribution is -2.01. The zero-order chi connectivity index (χ0) is 13.0. The van der Waals surface area contributed by atoms with E-state index < -0.39 is 0 Å². The summed E-state index contributed by atoms with van der Waals surface area (Å²) >= 11 is 0. The highest BCUT2D eigenvalue weighted by Crippen LogP contribution is 2.23. The number of nitrogens with one attached hydrogen (secondary N) is 1. The Labute approximate surface area is 104 Å². The molecule has 0 fully saturated rings. The van der Waals surface area contributed by atoms with Crippen LogP contribution >= 0.6 is 0 Å². The van der Waals surface area contributed by atoms with Crippen LogP contribution in [0, 0.1) is 22.7 Å². The quantitative estimate of drug-likeness (QED) is 0.830. The average Bonchev–Trinajstić information content (AvgIpc) is 2.41. The normalized spacial score (nSPS) is 9.22. The summed E-state index contributed by atoms with van der Waals surface area (Å²) < 4.78 is 0. The third kappa shape index (κ3) is 2.21. The molecule has 18 heavy (non-hydrogen) atoms. The largest absolute Gasteiger partial charge is 0.396 e. The maximum Gasteiger partial charge on any atom is 0.153 e. The summed E-state index contributed by atoms with van der Waals surface area (Å²) in [5.74, 6) is 0.428. The number of hydrogen-bond donors (Lipinski definition) is 2. The van der Waals surface area contributed by atoms with Crippen molar-refractivity contribution >= 4 is 17.2 Å². The number of aromatic nitrogens is 1. The van der Waals surface area contributed by atoms with Gasteiger partial charge in [-0.2, -0.15) is 10.5 Å². The second-order valence-corrected chi connectivity index (χ2v) is 3.56. The van der Waals surface area contributed by atoms with Gasteiger partial charge in [-0.05, 0) is 18.2 Å². The lowest BCUT2D eigenvalue weighted by Gasteiger charge is -2.09. The molecule has 5 heteroatoms. The van der Waals surface area contributed by atoms with Crippen LogP contribution in [-0.2, 0) is 0 Å². The number of anilines is 3. The predicted octanol–water partition coefficient (Wildman–Crippen LogP) is 2.15. The van der Waals surface area contributed by atoms with Crippen LogP contribution in [-0.4, -0.2) is 4.98 Å². The van der Waals surface area contributed by atoms with Crippen molar-refractivity contribution in [2.75, 3.05) is 11.1 Å². The Kier molecular flexibility index (Phi) is 3.08. The van der Waals surface area contributed by atoms with Crippen molar-refractivity contribution in [3.63, 3.8) is 0 Å². The highest BCUT2D eigenvalue weighted by Gasteiger charge is 2.05. The summed E-state index contributed by atoms with van der Waals surface area (Å²) in [6.07, 6.45) is 1.42. The second-order valence-electron chi connectivity index (χ2n) is 3.56. The van der Waals surface area contributed by atoms with Crippen molar-refractivity contribution in [3.8, 4) is 12.1 Å². The third-order valence-corrected chi connectivity index (χ3v) is 2.35. The van der Waals surface area contributed by atoms with Crippen molar-refractivity contribution in [2.24, 2.45) is 0 Å². The number of nitrogens with two attached hydrogens (primary N) is 1. The minimum atomic E-state index is 0.363. The van der Waals surface area contributed by atoms with Gasteiger partial charge >= 0.3 is 0 Å². The van der Waals surface area contributed by atoms with E-state index in [0.717, 1.165) is 0 Å². The Morgan fingerprint density at radius 2 is 1.94 bits per heavy atom. The van der Waals surface area contributed by atoms with Crippen LogP contribution in [0.2, 0.25) is 0 Å². The van der Waals surface area contributed by atoms with Gasteiger partial charge in [-0.1, -0.05) is 12.1 Å². The minimum absolute atomic E-state index is 0.363. The molecular formula is C13H9N5. The summed E-state index contributed by atoms with van der Waals surface area (Å²) in [6.45, 7) is 0. The number of nitrogens with zero attached hydrogens (tertiary/aromatic N) is 3. The van der Waals surface area contributed by atoms with Crippen molar-refractivity contribution in [1.29, 1.82) is 10.5 Å². The highest BCUT2D eigenvalue weighted by atomic mass is 15.0. The summed E-state index contributed by atoms with van der Waals surface area (Å²) in [6, 6.07) is 12.6. The molecule has 3 N–H and O–H groups in total. The lowest BCUT2D eigenvalue weighted by molar-refractivity contribution is 1.29. The van der Waals surface area contributed by atoms with Gasteiger partial charge in [-0.15, -0.1) is 0 Å². The molecule has 0 amide bonds. The van der Waals surface area contributed by atoms with Crippen molar-refractivity contribution in [3.05, 3.63) is 47.7 Å². The highest BCUT2D eigenvalue weighted by molar-refractivity contribution is 5.72. The van der Waals surface area contributed by atoms with Crippen molar-refractivity contribution in [1.82, 2.24) is 4.98 Å². The van der Waals surface area contributed by atoms with Crippen LogP contribution in [0.15, 0.2) is 36.5 Å². The van der Waals surface area contributed by atoms with E-state index >= 15 is 0 Å². The summed E-state index contributed by atoms with van der Waals surface area (Å²) in [5, 5.41) is 20.7. The number of para-hydroxylation sites is 1. The van der Waals surface area contributed by atoms with Crippen molar-refractivity contribution < 1.29 is 0 Å². The first-order valence-corrected chi connectivity index (χ1v) is 5.16. The lowest BCUT2D eigenvalue weighted by atomic mass is 10.2. The van der Waals surface area contributed by atoms with Gasteiger partial charge in [-0.3, -0.25) is 0 Å². The zero-order valence-electron chi connectivity index (χ0n) is 9.38. The van der Waals surface area contributed by atoms with Crippen LogP contribution in [0.4, 0.5) is 17.2 Å². The van der Waals surface area contributed by atoms with Gasteiger partial charge in [0.25, 0.3) is 0 Å². The molecule has 0 atom stereocenters.